The Balaban J connectivity index is 1.74. The van der Waals surface area contributed by atoms with Crippen molar-refractivity contribution in [2.75, 3.05) is 7.11 Å². The van der Waals surface area contributed by atoms with E-state index in [4.69, 9.17) is 14.3 Å². The zero-order valence-electron chi connectivity index (χ0n) is 13.1. The van der Waals surface area contributed by atoms with Crippen LogP contribution in [-0.4, -0.2) is 22.3 Å². The van der Waals surface area contributed by atoms with E-state index < -0.39 is 0 Å². The fraction of sp³-hybridized carbons (Fsp3) is 0.105. The molecule has 122 valence electrons. The molecule has 0 fully saturated rings. The maximum Gasteiger partial charge on any atom is 0.219 e. The molecule has 1 aromatic heterocycles. The second-order valence-corrected chi connectivity index (χ2v) is 5.16. The van der Waals surface area contributed by atoms with E-state index in [0.717, 1.165) is 11.1 Å². The molecular weight excluding hydrogens is 306 g/mol. The van der Waals surface area contributed by atoms with Crippen LogP contribution in [0.25, 0.3) is 23.3 Å². The number of hydrogen-bond acceptors (Lipinski definition) is 5. The number of hydrogen-bond donors (Lipinski definition) is 2. The number of methoxy groups -OCH3 is 1. The van der Waals surface area contributed by atoms with Gasteiger partial charge in [-0.15, -0.1) is 0 Å². The van der Waals surface area contributed by atoms with Crippen molar-refractivity contribution in [2.24, 2.45) is 0 Å². The highest BCUT2D eigenvalue weighted by Gasteiger charge is 2.03. The Kier molecular flexibility index (Phi) is 4.63. The predicted molar refractivity (Wildman–Crippen MR) is 92.7 cm³/mol. The molecule has 0 amide bonds. The minimum Gasteiger partial charge on any atom is -0.504 e. The van der Waals surface area contributed by atoms with Crippen LogP contribution in [0.2, 0.25) is 0 Å². The fourth-order valence-corrected chi connectivity index (χ4v) is 2.26. The van der Waals surface area contributed by atoms with Gasteiger partial charge in [0.1, 0.15) is 5.52 Å². The van der Waals surface area contributed by atoms with Crippen molar-refractivity contribution in [1.29, 1.82) is 0 Å². The van der Waals surface area contributed by atoms with Gasteiger partial charge in [-0.1, -0.05) is 30.4 Å². The summed E-state index contributed by atoms with van der Waals surface area (Å²) in [5.74, 6) is 1.03. The Morgan fingerprint density at radius 2 is 1.96 bits per heavy atom. The molecule has 0 saturated heterocycles. The van der Waals surface area contributed by atoms with Gasteiger partial charge in [0.05, 0.1) is 13.7 Å². The third-order valence-electron chi connectivity index (χ3n) is 3.49. The molecule has 0 aliphatic carbocycles. The molecule has 3 rings (SSSR count). The Morgan fingerprint density at radius 3 is 2.75 bits per heavy atom. The number of benzene rings is 2. The molecular formula is C19H17NO4. The summed E-state index contributed by atoms with van der Waals surface area (Å²) in [5, 5.41) is 18.7. The summed E-state index contributed by atoms with van der Waals surface area (Å²) in [5.41, 5.74) is 3.10. The number of rotatable bonds is 5. The molecule has 5 heteroatoms. The van der Waals surface area contributed by atoms with E-state index in [1.807, 2.05) is 18.2 Å². The number of aromatic nitrogens is 1. The van der Waals surface area contributed by atoms with Crippen molar-refractivity contribution in [1.82, 2.24) is 4.98 Å². The number of allylic oxidation sites excluding steroid dienone is 2. The summed E-state index contributed by atoms with van der Waals surface area (Å²) in [7, 11) is 1.51. The van der Waals surface area contributed by atoms with E-state index in [1.54, 1.807) is 42.5 Å². The van der Waals surface area contributed by atoms with Gasteiger partial charge in [0.2, 0.25) is 5.89 Å². The maximum atomic E-state index is 9.56. The van der Waals surface area contributed by atoms with Gasteiger partial charge in [0.15, 0.2) is 17.1 Å². The number of aromatic hydroxyl groups is 1. The summed E-state index contributed by atoms with van der Waals surface area (Å²) in [4.78, 5) is 4.35. The average molecular weight is 323 g/mol. The minimum absolute atomic E-state index is 0.0210. The highest BCUT2D eigenvalue weighted by Crippen LogP contribution is 2.26. The lowest BCUT2D eigenvalue weighted by molar-refractivity contribution is 0.282. The first kappa shape index (κ1) is 15.8. The van der Waals surface area contributed by atoms with E-state index in [1.165, 1.54) is 7.11 Å². The van der Waals surface area contributed by atoms with E-state index in [0.29, 0.717) is 22.7 Å². The minimum atomic E-state index is -0.0210. The van der Waals surface area contributed by atoms with E-state index in [2.05, 4.69) is 4.98 Å². The number of aliphatic hydroxyl groups is 1. The Bertz CT molecular complexity index is 909. The first-order valence-electron chi connectivity index (χ1n) is 7.41. The SMILES string of the molecule is COc1cc(/C=C/C=C/c2nc3cc(CO)ccc3o2)ccc1O. The van der Waals surface area contributed by atoms with Gasteiger partial charge >= 0.3 is 0 Å². The lowest BCUT2D eigenvalue weighted by atomic mass is 10.2. The number of oxazole rings is 1. The number of nitrogens with zero attached hydrogens (tertiary/aromatic N) is 1. The van der Waals surface area contributed by atoms with Gasteiger partial charge in [0.25, 0.3) is 0 Å². The molecule has 2 aromatic carbocycles. The topological polar surface area (TPSA) is 75.7 Å². The molecule has 0 aliphatic heterocycles. The summed E-state index contributed by atoms with van der Waals surface area (Å²) >= 11 is 0. The third kappa shape index (κ3) is 3.47. The highest BCUT2D eigenvalue weighted by atomic mass is 16.5. The van der Waals surface area contributed by atoms with Gasteiger partial charge < -0.3 is 19.4 Å². The standard InChI is InChI=1S/C19H17NO4/c1-23-18-11-13(6-8-16(18)22)4-2-3-5-19-20-15-10-14(12-21)7-9-17(15)24-19/h2-11,21-22H,12H2,1H3/b4-2+,5-3+. The van der Waals surface area contributed by atoms with Crippen LogP contribution in [-0.2, 0) is 6.61 Å². The summed E-state index contributed by atoms with van der Waals surface area (Å²) in [6.45, 7) is -0.0210. The molecule has 0 bridgehead atoms. The molecule has 2 N–H and O–H groups in total. The average Bonchev–Trinajstić information content (AvgIpc) is 3.01. The highest BCUT2D eigenvalue weighted by molar-refractivity contribution is 5.75. The Hall–Kier alpha value is -3.05. The van der Waals surface area contributed by atoms with Crippen LogP contribution in [0.5, 0.6) is 11.5 Å². The monoisotopic (exact) mass is 323 g/mol. The first-order chi connectivity index (χ1) is 11.7. The van der Waals surface area contributed by atoms with Crippen LogP contribution in [0, 0.1) is 0 Å². The number of fused-ring (bicyclic) bond motifs is 1. The molecule has 24 heavy (non-hydrogen) atoms. The van der Waals surface area contributed by atoms with Gasteiger partial charge in [0, 0.05) is 6.08 Å². The Labute approximate surface area is 139 Å². The number of phenolic OH excluding ortho intramolecular Hbond substituents is 1. The van der Waals surface area contributed by atoms with E-state index >= 15 is 0 Å². The number of aliphatic hydroxyl groups excluding tert-OH is 1. The van der Waals surface area contributed by atoms with E-state index in [-0.39, 0.29) is 12.4 Å². The molecule has 5 nitrogen and oxygen atoms in total. The predicted octanol–water partition coefficient (Wildman–Crippen LogP) is 3.76. The molecule has 0 aliphatic rings. The van der Waals surface area contributed by atoms with Crippen LogP contribution in [0.3, 0.4) is 0 Å². The smallest absolute Gasteiger partial charge is 0.219 e. The fourth-order valence-electron chi connectivity index (χ4n) is 2.26. The molecule has 0 spiro atoms. The van der Waals surface area contributed by atoms with Crippen molar-refractivity contribution in [2.45, 2.75) is 6.61 Å². The summed E-state index contributed by atoms with van der Waals surface area (Å²) < 4.78 is 10.7. The third-order valence-corrected chi connectivity index (χ3v) is 3.49. The van der Waals surface area contributed by atoms with Crippen LogP contribution < -0.4 is 4.74 Å². The second kappa shape index (κ2) is 7.02. The van der Waals surface area contributed by atoms with Crippen LogP contribution in [0.4, 0.5) is 0 Å². The quantitative estimate of drug-likeness (QED) is 0.699. The summed E-state index contributed by atoms with van der Waals surface area (Å²) in [6, 6.07) is 10.5. The van der Waals surface area contributed by atoms with Crippen molar-refractivity contribution < 1.29 is 19.4 Å². The molecule has 1 heterocycles. The maximum absolute atomic E-state index is 9.56. The molecule has 0 saturated carbocycles. The molecule has 0 unspecified atom stereocenters. The zero-order valence-corrected chi connectivity index (χ0v) is 13.1. The van der Waals surface area contributed by atoms with Gasteiger partial charge in [-0.2, -0.15) is 0 Å². The Morgan fingerprint density at radius 1 is 1.12 bits per heavy atom. The summed E-state index contributed by atoms with van der Waals surface area (Å²) in [6.07, 6.45) is 7.30. The van der Waals surface area contributed by atoms with Gasteiger partial charge in [-0.3, -0.25) is 0 Å². The van der Waals surface area contributed by atoms with Gasteiger partial charge in [-0.05, 0) is 35.4 Å². The zero-order chi connectivity index (χ0) is 16.9. The van der Waals surface area contributed by atoms with Crippen LogP contribution >= 0.6 is 0 Å². The van der Waals surface area contributed by atoms with Crippen molar-refractivity contribution in [3.05, 3.63) is 65.6 Å². The number of phenols is 1. The van der Waals surface area contributed by atoms with Crippen molar-refractivity contribution in [3.8, 4) is 11.5 Å². The number of ether oxygens (including phenoxy) is 1. The van der Waals surface area contributed by atoms with Gasteiger partial charge in [-0.25, -0.2) is 4.98 Å². The molecule has 3 aromatic rings. The van der Waals surface area contributed by atoms with E-state index in [9.17, 15) is 5.11 Å². The molecule has 0 atom stereocenters. The van der Waals surface area contributed by atoms with Crippen LogP contribution in [0.15, 0.2) is 53.0 Å². The lowest BCUT2D eigenvalue weighted by Gasteiger charge is -2.03. The largest absolute Gasteiger partial charge is 0.504 e. The van der Waals surface area contributed by atoms with Crippen molar-refractivity contribution >= 4 is 23.3 Å². The van der Waals surface area contributed by atoms with Crippen LogP contribution in [0.1, 0.15) is 17.0 Å². The first-order valence-corrected chi connectivity index (χ1v) is 7.41. The second-order valence-electron chi connectivity index (χ2n) is 5.16. The molecule has 0 radical (unpaired) electrons. The normalized spacial score (nSPS) is 11.8. The lowest BCUT2D eigenvalue weighted by Crippen LogP contribution is -1.83. The van der Waals surface area contributed by atoms with Crippen molar-refractivity contribution in [3.63, 3.8) is 0 Å².